The minimum atomic E-state index is 0.519. The molecule has 2 nitrogen and oxygen atoms in total. The van der Waals surface area contributed by atoms with Crippen LogP contribution < -0.4 is 9.47 Å². The van der Waals surface area contributed by atoms with Gasteiger partial charge in [-0.3, -0.25) is 0 Å². The Bertz CT molecular complexity index is 983. The van der Waals surface area contributed by atoms with E-state index in [0.29, 0.717) is 6.61 Å². The maximum Gasteiger partial charge on any atom is 0.134 e. The Morgan fingerprint density at radius 2 is 1.32 bits per heavy atom. The Morgan fingerprint density at radius 3 is 1.96 bits per heavy atom. The van der Waals surface area contributed by atoms with Crippen molar-refractivity contribution >= 4 is 12.2 Å². The highest BCUT2D eigenvalue weighted by molar-refractivity contribution is 5.58. The minimum Gasteiger partial charge on any atom is -0.488 e. The first-order chi connectivity index (χ1) is 13.7. The summed E-state index contributed by atoms with van der Waals surface area (Å²) in [6, 6.07) is 22.3. The fraction of sp³-hybridized carbons (Fsp3) is 0.154. The van der Waals surface area contributed by atoms with Crippen molar-refractivity contribution in [3.05, 3.63) is 101 Å². The summed E-state index contributed by atoms with van der Waals surface area (Å²) < 4.78 is 12.2. The number of rotatable bonds is 7. The Labute approximate surface area is 167 Å². The Kier molecular flexibility index (Phi) is 6.69. The molecule has 0 aliphatic rings. The van der Waals surface area contributed by atoms with Gasteiger partial charge in [-0.05, 0) is 56.2 Å². The van der Waals surface area contributed by atoms with Crippen molar-refractivity contribution in [3.8, 4) is 17.2 Å². The molecule has 0 aliphatic carbocycles. The predicted molar refractivity (Wildman–Crippen MR) is 118 cm³/mol. The van der Waals surface area contributed by atoms with E-state index in [2.05, 4.69) is 43.3 Å². The quantitative estimate of drug-likeness (QED) is 0.430. The summed E-state index contributed by atoms with van der Waals surface area (Å²) in [5, 5.41) is 0. The van der Waals surface area contributed by atoms with Crippen LogP contribution in [0.4, 0.5) is 0 Å². The van der Waals surface area contributed by atoms with Gasteiger partial charge in [0.2, 0.25) is 0 Å². The first-order valence-electron chi connectivity index (χ1n) is 9.55. The summed E-state index contributed by atoms with van der Waals surface area (Å²) in [5.41, 5.74) is 4.35. The van der Waals surface area contributed by atoms with Crippen LogP contribution in [0.5, 0.6) is 17.2 Å². The third kappa shape index (κ3) is 4.92. The van der Waals surface area contributed by atoms with E-state index in [1.807, 2.05) is 68.5 Å². The van der Waals surface area contributed by atoms with Gasteiger partial charge in [0, 0.05) is 11.1 Å². The van der Waals surface area contributed by atoms with E-state index < -0.39 is 0 Å². The topological polar surface area (TPSA) is 18.5 Å². The summed E-state index contributed by atoms with van der Waals surface area (Å²) in [5.74, 6) is 2.60. The van der Waals surface area contributed by atoms with Crippen molar-refractivity contribution in [2.75, 3.05) is 0 Å². The molecule has 142 valence electrons. The molecular weight excluding hydrogens is 344 g/mol. The number of allylic oxidation sites excluding steroid dienone is 2. The molecule has 0 amide bonds. The van der Waals surface area contributed by atoms with Crippen LogP contribution in [0, 0.1) is 6.92 Å². The molecule has 0 radical (unpaired) electrons. The molecule has 0 spiro atoms. The van der Waals surface area contributed by atoms with Gasteiger partial charge in [0.15, 0.2) is 0 Å². The molecule has 3 aromatic carbocycles. The van der Waals surface area contributed by atoms with Gasteiger partial charge in [-0.15, -0.1) is 0 Å². The van der Waals surface area contributed by atoms with Gasteiger partial charge in [-0.2, -0.15) is 0 Å². The Balaban J connectivity index is 1.73. The third-order valence-corrected chi connectivity index (χ3v) is 4.38. The molecule has 2 heteroatoms. The lowest BCUT2D eigenvalue weighted by Gasteiger charge is -2.13. The molecule has 3 rings (SSSR count). The molecule has 0 bridgehead atoms. The first kappa shape index (κ1) is 19.5. The van der Waals surface area contributed by atoms with Crippen LogP contribution in [0.2, 0.25) is 0 Å². The van der Waals surface area contributed by atoms with E-state index in [9.17, 15) is 0 Å². The van der Waals surface area contributed by atoms with E-state index in [0.717, 1.165) is 39.5 Å². The number of benzene rings is 3. The third-order valence-electron chi connectivity index (χ3n) is 4.38. The Hall–Kier alpha value is -3.26. The summed E-state index contributed by atoms with van der Waals surface area (Å²) in [6.07, 6.45) is 8.14. The smallest absolute Gasteiger partial charge is 0.134 e. The molecule has 0 aromatic heterocycles. The van der Waals surface area contributed by atoms with Crippen molar-refractivity contribution in [2.24, 2.45) is 0 Å². The monoisotopic (exact) mass is 370 g/mol. The van der Waals surface area contributed by atoms with Crippen LogP contribution in [0.25, 0.3) is 12.2 Å². The highest BCUT2D eigenvalue weighted by Gasteiger charge is 2.07. The molecule has 0 heterocycles. The number of ether oxygens (including phenoxy) is 2. The number of aryl methyl sites for hydroxylation is 1. The minimum absolute atomic E-state index is 0.519. The van der Waals surface area contributed by atoms with Crippen LogP contribution >= 0.6 is 0 Å². The average molecular weight is 370 g/mol. The Morgan fingerprint density at radius 1 is 0.714 bits per heavy atom. The lowest BCUT2D eigenvalue weighted by Crippen LogP contribution is -1.98. The van der Waals surface area contributed by atoms with Gasteiger partial charge in [0.05, 0.1) is 0 Å². The van der Waals surface area contributed by atoms with Crippen molar-refractivity contribution in [2.45, 2.75) is 27.4 Å². The second kappa shape index (κ2) is 9.61. The van der Waals surface area contributed by atoms with Crippen LogP contribution in [0.3, 0.4) is 0 Å². The standard InChI is InChI=1S/C26H26O2/c1-4-10-22-12-6-8-14-25(22)27-19-21-16-17-24(20(3)18-21)28-26-15-9-7-13-23(26)11-5-2/h4-18H,19H2,1-3H3. The van der Waals surface area contributed by atoms with Crippen molar-refractivity contribution in [3.63, 3.8) is 0 Å². The lowest BCUT2D eigenvalue weighted by molar-refractivity contribution is 0.305. The number of hydrogen-bond acceptors (Lipinski definition) is 2. The van der Waals surface area contributed by atoms with E-state index in [-0.39, 0.29) is 0 Å². The normalized spacial score (nSPS) is 11.2. The molecule has 0 atom stereocenters. The molecule has 0 saturated carbocycles. The lowest BCUT2D eigenvalue weighted by atomic mass is 10.1. The second-order valence-corrected chi connectivity index (χ2v) is 6.57. The zero-order valence-corrected chi connectivity index (χ0v) is 16.7. The molecule has 3 aromatic rings. The highest BCUT2D eigenvalue weighted by Crippen LogP contribution is 2.29. The van der Waals surface area contributed by atoms with Crippen LogP contribution in [0.15, 0.2) is 78.9 Å². The second-order valence-electron chi connectivity index (χ2n) is 6.57. The fourth-order valence-electron chi connectivity index (χ4n) is 3.02. The van der Waals surface area contributed by atoms with Gasteiger partial charge in [0.25, 0.3) is 0 Å². The van der Waals surface area contributed by atoms with Crippen molar-refractivity contribution in [1.29, 1.82) is 0 Å². The maximum atomic E-state index is 6.16. The molecule has 0 fully saturated rings. The SMILES string of the molecule is CC=Cc1ccccc1OCc1ccc(Oc2ccccc2C=CC)c(C)c1. The fourth-order valence-corrected chi connectivity index (χ4v) is 3.02. The summed E-state index contributed by atoms with van der Waals surface area (Å²) in [4.78, 5) is 0. The molecule has 0 unspecified atom stereocenters. The highest BCUT2D eigenvalue weighted by atomic mass is 16.5. The largest absolute Gasteiger partial charge is 0.488 e. The van der Waals surface area contributed by atoms with Gasteiger partial charge in [0.1, 0.15) is 23.9 Å². The average Bonchev–Trinajstić information content (AvgIpc) is 2.71. The maximum absolute atomic E-state index is 6.16. The van der Waals surface area contributed by atoms with E-state index in [1.54, 1.807) is 0 Å². The van der Waals surface area contributed by atoms with Crippen LogP contribution in [0.1, 0.15) is 36.1 Å². The first-order valence-corrected chi connectivity index (χ1v) is 9.55. The zero-order chi connectivity index (χ0) is 19.8. The zero-order valence-electron chi connectivity index (χ0n) is 16.7. The predicted octanol–water partition coefficient (Wildman–Crippen LogP) is 7.43. The van der Waals surface area contributed by atoms with Gasteiger partial charge < -0.3 is 9.47 Å². The molecule has 0 N–H and O–H groups in total. The summed E-state index contributed by atoms with van der Waals surface area (Å²) >= 11 is 0. The van der Waals surface area contributed by atoms with E-state index in [1.165, 1.54) is 0 Å². The molecular formula is C26H26O2. The molecule has 0 saturated heterocycles. The van der Waals surface area contributed by atoms with Crippen molar-refractivity contribution < 1.29 is 9.47 Å². The van der Waals surface area contributed by atoms with Crippen molar-refractivity contribution in [1.82, 2.24) is 0 Å². The summed E-state index contributed by atoms with van der Waals surface area (Å²) in [7, 11) is 0. The van der Waals surface area contributed by atoms with Crippen LogP contribution in [-0.4, -0.2) is 0 Å². The van der Waals surface area contributed by atoms with Gasteiger partial charge in [-0.25, -0.2) is 0 Å². The van der Waals surface area contributed by atoms with Crippen LogP contribution in [-0.2, 0) is 6.61 Å². The summed E-state index contributed by atoms with van der Waals surface area (Å²) in [6.45, 7) is 6.59. The number of para-hydroxylation sites is 2. The van der Waals surface area contributed by atoms with E-state index >= 15 is 0 Å². The number of hydrogen-bond donors (Lipinski definition) is 0. The van der Waals surface area contributed by atoms with Gasteiger partial charge in [-0.1, -0.05) is 66.8 Å². The molecule has 0 aliphatic heterocycles. The van der Waals surface area contributed by atoms with Gasteiger partial charge >= 0.3 is 0 Å². The van der Waals surface area contributed by atoms with E-state index in [4.69, 9.17) is 9.47 Å². The molecule has 28 heavy (non-hydrogen) atoms.